The highest BCUT2D eigenvalue weighted by molar-refractivity contribution is 6.05. The van der Waals surface area contributed by atoms with Crippen molar-refractivity contribution < 1.29 is 9.90 Å². The Hall–Kier alpha value is -2.82. The lowest BCUT2D eigenvalue weighted by Gasteiger charge is -2.09. The molecule has 2 N–H and O–H groups in total. The predicted octanol–water partition coefficient (Wildman–Crippen LogP) is 3.55. The second-order valence-electron chi connectivity index (χ2n) is 5.56. The molecule has 0 spiro atoms. The SMILES string of the molecule is CCCc1nc2ccccn2c1C(=O)Nc1ccc(C)cc1O. The van der Waals surface area contributed by atoms with Gasteiger partial charge in [0.05, 0.1) is 11.4 Å². The van der Waals surface area contributed by atoms with Gasteiger partial charge in [-0.25, -0.2) is 4.98 Å². The summed E-state index contributed by atoms with van der Waals surface area (Å²) >= 11 is 0. The Bertz CT molecular complexity index is 868. The van der Waals surface area contributed by atoms with Crippen molar-refractivity contribution in [1.82, 2.24) is 9.38 Å². The number of hydrogen-bond donors (Lipinski definition) is 2. The zero-order valence-electron chi connectivity index (χ0n) is 13.2. The van der Waals surface area contributed by atoms with E-state index in [9.17, 15) is 9.90 Å². The van der Waals surface area contributed by atoms with Crippen LogP contribution in [0.15, 0.2) is 42.6 Å². The third-order valence-electron chi connectivity index (χ3n) is 3.71. The van der Waals surface area contributed by atoms with Gasteiger partial charge in [0, 0.05) is 6.20 Å². The van der Waals surface area contributed by atoms with E-state index >= 15 is 0 Å². The Morgan fingerprint density at radius 2 is 2.13 bits per heavy atom. The lowest BCUT2D eigenvalue weighted by atomic mass is 10.2. The standard InChI is InChI=1S/C18H19N3O2/c1-3-6-14-17(21-10-5-4-7-16(21)19-14)18(23)20-13-9-8-12(2)11-15(13)22/h4-5,7-11,22H,3,6H2,1-2H3,(H,20,23). The third-order valence-corrected chi connectivity index (χ3v) is 3.71. The van der Waals surface area contributed by atoms with Crippen LogP contribution in [0.3, 0.4) is 0 Å². The maximum atomic E-state index is 12.7. The topological polar surface area (TPSA) is 66.6 Å². The molecule has 2 heterocycles. The fourth-order valence-electron chi connectivity index (χ4n) is 2.62. The molecular formula is C18H19N3O2. The van der Waals surface area contributed by atoms with E-state index < -0.39 is 0 Å². The van der Waals surface area contributed by atoms with Crippen molar-refractivity contribution in [3.63, 3.8) is 0 Å². The van der Waals surface area contributed by atoms with Gasteiger partial charge in [-0.1, -0.05) is 25.5 Å². The van der Waals surface area contributed by atoms with Crippen LogP contribution in [-0.2, 0) is 6.42 Å². The van der Waals surface area contributed by atoms with Crippen molar-refractivity contribution in [3.05, 3.63) is 59.5 Å². The van der Waals surface area contributed by atoms with Crippen molar-refractivity contribution in [2.75, 3.05) is 5.32 Å². The number of amides is 1. The number of aromatic hydroxyl groups is 1. The number of fused-ring (bicyclic) bond motifs is 1. The molecule has 5 heteroatoms. The van der Waals surface area contributed by atoms with E-state index in [1.54, 1.807) is 16.5 Å². The lowest BCUT2D eigenvalue weighted by Crippen LogP contribution is -2.16. The van der Waals surface area contributed by atoms with Crippen LogP contribution in [0.2, 0.25) is 0 Å². The highest BCUT2D eigenvalue weighted by Gasteiger charge is 2.19. The molecule has 0 saturated carbocycles. The van der Waals surface area contributed by atoms with Crippen LogP contribution in [0.5, 0.6) is 5.75 Å². The molecule has 23 heavy (non-hydrogen) atoms. The summed E-state index contributed by atoms with van der Waals surface area (Å²) in [6, 6.07) is 10.8. The predicted molar refractivity (Wildman–Crippen MR) is 90.0 cm³/mol. The Morgan fingerprint density at radius 3 is 2.87 bits per heavy atom. The minimum atomic E-state index is -0.272. The number of rotatable bonds is 4. The number of phenols is 1. The molecule has 2 aromatic heterocycles. The molecule has 3 rings (SSSR count). The van der Waals surface area contributed by atoms with E-state index in [4.69, 9.17) is 0 Å². The summed E-state index contributed by atoms with van der Waals surface area (Å²) in [4.78, 5) is 17.3. The Balaban J connectivity index is 2.01. The van der Waals surface area contributed by atoms with E-state index in [-0.39, 0.29) is 11.7 Å². The first-order chi connectivity index (χ1) is 11.1. The van der Waals surface area contributed by atoms with Crippen LogP contribution in [0.4, 0.5) is 5.69 Å². The second-order valence-corrected chi connectivity index (χ2v) is 5.56. The zero-order valence-corrected chi connectivity index (χ0v) is 13.2. The van der Waals surface area contributed by atoms with Gasteiger partial charge in [-0.3, -0.25) is 9.20 Å². The van der Waals surface area contributed by atoms with Crippen LogP contribution < -0.4 is 5.32 Å². The van der Waals surface area contributed by atoms with E-state index in [1.807, 2.05) is 37.4 Å². The second kappa shape index (κ2) is 6.12. The highest BCUT2D eigenvalue weighted by atomic mass is 16.3. The number of nitrogens with one attached hydrogen (secondary N) is 1. The number of benzene rings is 1. The van der Waals surface area contributed by atoms with Crippen LogP contribution in [0, 0.1) is 6.92 Å². The minimum Gasteiger partial charge on any atom is -0.506 e. The van der Waals surface area contributed by atoms with Gasteiger partial charge in [-0.15, -0.1) is 0 Å². The van der Waals surface area contributed by atoms with Gasteiger partial charge in [0.1, 0.15) is 17.1 Å². The summed E-state index contributed by atoms with van der Waals surface area (Å²) in [5.74, 6) is -0.212. The molecule has 5 nitrogen and oxygen atoms in total. The Labute approximate surface area is 134 Å². The van der Waals surface area contributed by atoms with Crippen LogP contribution in [-0.4, -0.2) is 20.4 Å². The number of hydrogen-bond acceptors (Lipinski definition) is 3. The maximum Gasteiger partial charge on any atom is 0.274 e. The summed E-state index contributed by atoms with van der Waals surface area (Å²) in [6.45, 7) is 3.94. The van der Waals surface area contributed by atoms with Crippen LogP contribution in [0.25, 0.3) is 5.65 Å². The van der Waals surface area contributed by atoms with Gasteiger partial charge in [0.15, 0.2) is 0 Å². The molecule has 0 aliphatic heterocycles. The Morgan fingerprint density at radius 1 is 1.30 bits per heavy atom. The van der Waals surface area contributed by atoms with E-state index in [1.165, 1.54) is 0 Å². The molecule has 1 aromatic carbocycles. The largest absolute Gasteiger partial charge is 0.506 e. The van der Waals surface area contributed by atoms with Crippen molar-refractivity contribution in [2.45, 2.75) is 26.7 Å². The zero-order chi connectivity index (χ0) is 16.4. The molecule has 0 saturated heterocycles. The van der Waals surface area contributed by atoms with E-state index in [0.29, 0.717) is 11.4 Å². The fraction of sp³-hybridized carbons (Fsp3) is 0.222. The van der Waals surface area contributed by atoms with Crippen LogP contribution in [0.1, 0.15) is 35.1 Å². The number of aromatic nitrogens is 2. The maximum absolute atomic E-state index is 12.7. The molecule has 0 aliphatic carbocycles. The van der Waals surface area contributed by atoms with Gasteiger partial charge in [-0.05, 0) is 43.2 Å². The van der Waals surface area contributed by atoms with E-state index in [2.05, 4.69) is 17.2 Å². The van der Waals surface area contributed by atoms with Gasteiger partial charge in [-0.2, -0.15) is 0 Å². The number of carbonyl (C=O) groups excluding carboxylic acids is 1. The molecule has 0 unspecified atom stereocenters. The number of carbonyl (C=O) groups is 1. The van der Waals surface area contributed by atoms with Crippen molar-refractivity contribution in [1.29, 1.82) is 0 Å². The number of anilines is 1. The molecule has 118 valence electrons. The lowest BCUT2D eigenvalue weighted by molar-refractivity contribution is 0.102. The molecule has 0 fully saturated rings. The smallest absolute Gasteiger partial charge is 0.274 e. The first-order valence-corrected chi connectivity index (χ1v) is 7.67. The first kappa shape index (κ1) is 15.1. The molecule has 0 radical (unpaired) electrons. The van der Waals surface area contributed by atoms with Gasteiger partial charge >= 0.3 is 0 Å². The van der Waals surface area contributed by atoms with Gasteiger partial charge in [0.25, 0.3) is 5.91 Å². The summed E-state index contributed by atoms with van der Waals surface area (Å²) in [5, 5.41) is 12.8. The summed E-state index contributed by atoms with van der Waals surface area (Å²) in [5.41, 5.74) is 3.36. The minimum absolute atomic E-state index is 0.0595. The number of phenolic OH excluding ortho intramolecular Hbond substituents is 1. The molecular weight excluding hydrogens is 290 g/mol. The molecule has 3 aromatic rings. The summed E-state index contributed by atoms with van der Waals surface area (Å²) in [7, 11) is 0. The van der Waals surface area contributed by atoms with Gasteiger partial charge in [0.2, 0.25) is 0 Å². The van der Waals surface area contributed by atoms with Crippen LogP contribution >= 0.6 is 0 Å². The molecule has 1 amide bonds. The third kappa shape index (κ3) is 2.90. The average Bonchev–Trinajstić information content (AvgIpc) is 2.88. The molecule has 0 aliphatic rings. The van der Waals surface area contributed by atoms with E-state index in [0.717, 1.165) is 29.7 Å². The number of imidazole rings is 1. The first-order valence-electron chi connectivity index (χ1n) is 7.67. The quantitative estimate of drug-likeness (QED) is 0.724. The highest BCUT2D eigenvalue weighted by Crippen LogP contribution is 2.25. The molecule has 0 bridgehead atoms. The van der Waals surface area contributed by atoms with Gasteiger partial charge < -0.3 is 10.4 Å². The van der Waals surface area contributed by atoms with Crippen molar-refractivity contribution in [3.8, 4) is 5.75 Å². The number of pyridine rings is 1. The normalized spacial score (nSPS) is 10.9. The number of aryl methyl sites for hydroxylation is 2. The monoisotopic (exact) mass is 309 g/mol. The number of nitrogens with zero attached hydrogens (tertiary/aromatic N) is 2. The van der Waals surface area contributed by atoms with Crippen molar-refractivity contribution >= 4 is 17.2 Å². The summed E-state index contributed by atoms with van der Waals surface area (Å²) < 4.78 is 1.78. The van der Waals surface area contributed by atoms with Crippen molar-refractivity contribution in [2.24, 2.45) is 0 Å². The average molecular weight is 309 g/mol. The molecule has 0 atom stereocenters. The fourth-order valence-corrected chi connectivity index (χ4v) is 2.62. The summed E-state index contributed by atoms with van der Waals surface area (Å²) in [6.07, 6.45) is 3.45. The Kier molecular flexibility index (Phi) is 4.02.